The highest BCUT2D eigenvalue weighted by Gasteiger charge is 2.36. The Labute approximate surface area is 155 Å². The molecule has 0 spiro atoms. The second-order valence-electron chi connectivity index (χ2n) is 6.32. The van der Waals surface area contributed by atoms with E-state index in [0.717, 1.165) is 16.0 Å². The van der Waals surface area contributed by atoms with Crippen LogP contribution in [0, 0.1) is 13.8 Å². The molecule has 1 aliphatic rings. The molecule has 7 heteroatoms. The molecule has 27 heavy (non-hydrogen) atoms. The predicted octanol–water partition coefficient (Wildman–Crippen LogP) is 2.01. The first-order valence-corrected chi connectivity index (χ1v) is 8.34. The van der Waals surface area contributed by atoms with E-state index < -0.39 is 36.7 Å². The molecule has 0 bridgehead atoms. The average Bonchev–Trinajstić information content (AvgIpc) is 2.84. The van der Waals surface area contributed by atoms with Crippen molar-refractivity contribution in [2.45, 2.75) is 13.8 Å². The van der Waals surface area contributed by atoms with Gasteiger partial charge in [0.1, 0.15) is 6.54 Å². The Morgan fingerprint density at radius 2 is 1.70 bits per heavy atom. The van der Waals surface area contributed by atoms with Gasteiger partial charge in [0.05, 0.1) is 11.3 Å². The van der Waals surface area contributed by atoms with E-state index in [2.05, 4.69) is 5.32 Å². The van der Waals surface area contributed by atoms with E-state index in [1.54, 1.807) is 30.3 Å². The SMILES string of the molecule is Cc1cc(C)cc(NC(=O)COC(=O)CN2C(=O)C(=O)c3ccccc32)c1. The summed E-state index contributed by atoms with van der Waals surface area (Å²) >= 11 is 0. The lowest BCUT2D eigenvalue weighted by Crippen LogP contribution is -2.36. The van der Waals surface area contributed by atoms with Crippen LogP contribution in [0.1, 0.15) is 21.5 Å². The third-order valence-corrected chi connectivity index (χ3v) is 4.04. The molecule has 2 amide bonds. The first kappa shape index (κ1) is 18.3. The number of rotatable bonds is 5. The van der Waals surface area contributed by atoms with Crippen molar-refractivity contribution in [2.75, 3.05) is 23.4 Å². The monoisotopic (exact) mass is 366 g/mol. The van der Waals surface area contributed by atoms with Crippen molar-refractivity contribution in [2.24, 2.45) is 0 Å². The van der Waals surface area contributed by atoms with E-state index in [1.165, 1.54) is 6.07 Å². The van der Waals surface area contributed by atoms with Crippen LogP contribution in [0.2, 0.25) is 0 Å². The molecule has 0 fully saturated rings. The fourth-order valence-electron chi connectivity index (χ4n) is 2.97. The smallest absolute Gasteiger partial charge is 0.326 e. The molecule has 0 radical (unpaired) electrons. The van der Waals surface area contributed by atoms with Crippen LogP contribution in [0.25, 0.3) is 0 Å². The number of Topliss-reactive ketones (excluding diaryl/α,β-unsaturated/α-hetero) is 1. The van der Waals surface area contributed by atoms with E-state index in [4.69, 9.17) is 4.74 Å². The Hall–Kier alpha value is -3.48. The highest BCUT2D eigenvalue weighted by molar-refractivity contribution is 6.52. The molecule has 0 aliphatic carbocycles. The van der Waals surface area contributed by atoms with E-state index in [1.807, 2.05) is 19.9 Å². The standard InChI is InChI=1S/C20H18N2O5/c1-12-7-13(2)9-14(8-12)21-17(23)11-27-18(24)10-22-16-6-4-3-5-15(16)19(25)20(22)26/h3-9H,10-11H2,1-2H3,(H,21,23). The molecule has 2 aromatic carbocycles. The molecule has 2 aromatic rings. The van der Waals surface area contributed by atoms with Crippen molar-refractivity contribution >= 4 is 34.9 Å². The van der Waals surface area contributed by atoms with Crippen molar-refractivity contribution in [1.82, 2.24) is 0 Å². The summed E-state index contributed by atoms with van der Waals surface area (Å²) in [6, 6.07) is 12.0. The maximum absolute atomic E-state index is 12.0. The number of para-hydroxylation sites is 1. The number of esters is 1. The molecule has 3 rings (SSSR count). The van der Waals surface area contributed by atoms with Crippen LogP contribution in [0.4, 0.5) is 11.4 Å². The summed E-state index contributed by atoms with van der Waals surface area (Å²) in [4.78, 5) is 49.0. The Kier molecular flexibility index (Phi) is 5.03. The third-order valence-electron chi connectivity index (χ3n) is 4.04. The Morgan fingerprint density at radius 1 is 1.04 bits per heavy atom. The van der Waals surface area contributed by atoms with Gasteiger partial charge in [0.25, 0.3) is 17.6 Å². The van der Waals surface area contributed by atoms with E-state index in [-0.39, 0.29) is 5.56 Å². The molecular weight excluding hydrogens is 348 g/mol. The second-order valence-corrected chi connectivity index (χ2v) is 6.32. The maximum Gasteiger partial charge on any atom is 0.326 e. The van der Waals surface area contributed by atoms with Gasteiger partial charge in [-0.15, -0.1) is 0 Å². The van der Waals surface area contributed by atoms with Gasteiger partial charge in [0.15, 0.2) is 6.61 Å². The van der Waals surface area contributed by atoms with Crippen LogP contribution < -0.4 is 10.2 Å². The number of amides is 2. The van der Waals surface area contributed by atoms with Crippen molar-refractivity contribution in [1.29, 1.82) is 0 Å². The number of nitrogens with zero attached hydrogens (tertiary/aromatic N) is 1. The largest absolute Gasteiger partial charge is 0.454 e. The normalized spacial score (nSPS) is 12.7. The summed E-state index contributed by atoms with van der Waals surface area (Å²) < 4.78 is 4.94. The predicted molar refractivity (Wildman–Crippen MR) is 98.6 cm³/mol. The number of benzene rings is 2. The molecule has 0 atom stereocenters. The molecule has 1 aliphatic heterocycles. The molecule has 7 nitrogen and oxygen atoms in total. The minimum atomic E-state index is -0.784. The number of hydrogen-bond donors (Lipinski definition) is 1. The van der Waals surface area contributed by atoms with Crippen molar-refractivity contribution in [3.05, 3.63) is 59.2 Å². The van der Waals surface area contributed by atoms with Crippen LogP contribution in [0.3, 0.4) is 0 Å². The molecule has 0 saturated carbocycles. The molecular formula is C20H18N2O5. The number of ketones is 1. The topological polar surface area (TPSA) is 92.8 Å². The van der Waals surface area contributed by atoms with E-state index >= 15 is 0 Å². The zero-order valence-electron chi connectivity index (χ0n) is 14.9. The summed E-state index contributed by atoms with van der Waals surface area (Å²) in [6.07, 6.45) is 0. The van der Waals surface area contributed by atoms with Gasteiger partial charge in [0, 0.05) is 5.69 Å². The minimum Gasteiger partial charge on any atom is -0.454 e. The fraction of sp³-hybridized carbons (Fsp3) is 0.200. The lowest BCUT2D eigenvalue weighted by molar-refractivity contribution is -0.146. The second kappa shape index (κ2) is 7.41. The molecule has 138 valence electrons. The first-order valence-electron chi connectivity index (χ1n) is 8.34. The quantitative estimate of drug-likeness (QED) is 0.645. The molecule has 1 N–H and O–H groups in total. The minimum absolute atomic E-state index is 0.253. The van der Waals surface area contributed by atoms with Crippen molar-refractivity contribution < 1.29 is 23.9 Å². The Bertz CT molecular complexity index is 931. The van der Waals surface area contributed by atoms with Gasteiger partial charge in [-0.3, -0.25) is 24.1 Å². The maximum atomic E-state index is 12.0. The first-order chi connectivity index (χ1) is 12.8. The van der Waals surface area contributed by atoms with Crippen LogP contribution >= 0.6 is 0 Å². The van der Waals surface area contributed by atoms with Gasteiger partial charge < -0.3 is 10.1 Å². The zero-order chi connectivity index (χ0) is 19.6. The van der Waals surface area contributed by atoms with Crippen LogP contribution in [0.5, 0.6) is 0 Å². The molecule has 0 unspecified atom stereocenters. The summed E-state index contributed by atoms with van der Waals surface area (Å²) in [7, 11) is 0. The Balaban J connectivity index is 1.56. The summed E-state index contributed by atoms with van der Waals surface area (Å²) in [5, 5.41) is 2.65. The number of carbonyl (C=O) groups excluding carboxylic acids is 4. The summed E-state index contributed by atoms with van der Waals surface area (Å²) in [5.41, 5.74) is 3.23. The van der Waals surface area contributed by atoms with Crippen LogP contribution in [-0.4, -0.2) is 36.7 Å². The number of hydrogen-bond acceptors (Lipinski definition) is 5. The molecule has 1 heterocycles. The van der Waals surface area contributed by atoms with Gasteiger partial charge >= 0.3 is 5.97 Å². The van der Waals surface area contributed by atoms with Gasteiger partial charge in [-0.1, -0.05) is 18.2 Å². The molecule has 0 aromatic heterocycles. The van der Waals surface area contributed by atoms with Crippen LogP contribution in [-0.2, 0) is 19.1 Å². The third kappa shape index (κ3) is 4.03. The lowest BCUT2D eigenvalue weighted by Gasteiger charge is -2.15. The van der Waals surface area contributed by atoms with Crippen LogP contribution in [0.15, 0.2) is 42.5 Å². The highest BCUT2D eigenvalue weighted by atomic mass is 16.5. The van der Waals surface area contributed by atoms with E-state index in [9.17, 15) is 19.2 Å². The van der Waals surface area contributed by atoms with Gasteiger partial charge in [-0.05, 0) is 49.2 Å². The summed E-state index contributed by atoms with van der Waals surface area (Å²) in [5.74, 6) is -2.71. The highest BCUT2D eigenvalue weighted by Crippen LogP contribution is 2.28. The van der Waals surface area contributed by atoms with Gasteiger partial charge in [0.2, 0.25) is 0 Å². The number of anilines is 2. The van der Waals surface area contributed by atoms with Gasteiger partial charge in [-0.25, -0.2) is 0 Å². The van der Waals surface area contributed by atoms with E-state index in [0.29, 0.717) is 11.4 Å². The number of fused-ring (bicyclic) bond motifs is 1. The summed E-state index contributed by atoms with van der Waals surface area (Å²) in [6.45, 7) is 2.91. The lowest BCUT2D eigenvalue weighted by atomic mass is 10.1. The molecule has 0 saturated heterocycles. The fourth-order valence-corrected chi connectivity index (χ4v) is 2.97. The average molecular weight is 366 g/mol. The van der Waals surface area contributed by atoms with Crippen molar-refractivity contribution in [3.8, 4) is 0 Å². The Morgan fingerprint density at radius 3 is 2.41 bits per heavy atom. The van der Waals surface area contributed by atoms with Gasteiger partial charge in [-0.2, -0.15) is 0 Å². The van der Waals surface area contributed by atoms with Crippen molar-refractivity contribution in [3.63, 3.8) is 0 Å². The number of ether oxygens (including phenoxy) is 1. The number of nitrogens with one attached hydrogen (secondary N) is 1. The zero-order valence-corrected chi connectivity index (χ0v) is 14.9. The number of carbonyl (C=O) groups is 4. The number of aryl methyl sites for hydroxylation is 2.